The van der Waals surface area contributed by atoms with E-state index in [9.17, 15) is 14.4 Å². The van der Waals surface area contributed by atoms with Gasteiger partial charge in [0.1, 0.15) is 18.2 Å². The van der Waals surface area contributed by atoms with Crippen LogP contribution in [0.5, 0.6) is 5.75 Å². The molecule has 3 rings (SSSR count). The number of nitriles is 1. The fourth-order valence-corrected chi connectivity index (χ4v) is 3.19. The van der Waals surface area contributed by atoms with Crippen LogP contribution in [0.15, 0.2) is 71.2 Å². The van der Waals surface area contributed by atoms with E-state index in [-0.39, 0.29) is 12.2 Å². The van der Waals surface area contributed by atoms with E-state index in [0.29, 0.717) is 21.4 Å². The lowest BCUT2D eigenvalue weighted by Crippen LogP contribution is -2.00. The second-order valence-electron chi connectivity index (χ2n) is 6.16. The van der Waals surface area contributed by atoms with Crippen LogP contribution in [0.3, 0.4) is 0 Å². The Labute approximate surface area is 175 Å². The molecule has 0 saturated carbocycles. The lowest BCUT2D eigenvalue weighted by Gasteiger charge is -2.10. The van der Waals surface area contributed by atoms with Crippen molar-refractivity contribution in [2.45, 2.75) is 6.61 Å². The van der Waals surface area contributed by atoms with Crippen molar-refractivity contribution < 1.29 is 19.0 Å². The number of ether oxygens (including phenoxy) is 1. The highest BCUT2D eigenvalue weighted by Gasteiger charge is 2.07. The normalized spacial score (nSPS) is 11.0. The average molecular weight is 452 g/mol. The van der Waals surface area contributed by atoms with Gasteiger partial charge in [-0.25, -0.2) is 9.18 Å². The fraction of sp³-hybridized carbons (Fsp3) is 0.0435. The first-order valence-electron chi connectivity index (χ1n) is 8.58. The summed E-state index contributed by atoms with van der Waals surface area (Å²) < 4.78 is 19.9. The quantitative estimate of drug-likeness (QED) is 0.372. The Morgan fingerprint density at radius 3 is 2.55 bits per heavy atom. The lowest BCUT2D eigenvalue weighted by molar-refractivity contribution is 0.0696. The highest BCUT2D eigenvalue weighted by Crippen LogP contribution is 2.29. The van der Waals surface area contributed by atoms with Crippen molar-refractivity contribution in [1.29, 1.82) is 5.26 Å². The van der Waals surface area contributed by atoms with Crippen LogP contribution in [-0.4, -0.2) is 11.1 Å². The molecule has 0 fully saturated rings. The van der Waals surface area contributed by atoms with E-state index in [1.807, 2.05) is 0 Å². The summed E-state index contributed by atoms with van der Waals surface area (Å²) in [6, 6.07) is 19.8. The molecule has 4 nitrogen and oxygen atoms in total. The molecule has 0 aliphatic heterocycles. The highest BCUT2D eigenvalue weighted by atomic mass is 79.9. The maximum atomic E-state index is 13.4. The van der Waals surface area contributed by atoms with E-state index >= 15 is 0 Å². The van der Waals surface area contributed by atoms with Gasteiger partial charge in [0, 0.05) is 0 Å². The summed E-state index contributed by atoms with van der Waals surface area (Å²) in [5, 5.41) is 18.5. The smallest absolute Gasteiger partial charge is 0.335 e. The molecular weight excluding hydrogens is 437 g/mol. The highest BCUT2D eigenvalue weighted by molar-refractivity contribution is 9.10. The predicted octanol–water partition coefficient (Wildman–Crippen LogP) is 5.93. The molecule has 0 heterocycles. The van der Waals surface area contributed by atoms with E-state index in [2.05, 4.69) is 22.0 Å². The Bertz CT molecular complexity index is 1130. The molecule has 0 saturated heterocycles. The van der Waals surface area contributed by atoms with Crippen molar-refractivity contribution >= 4 is 33.5 Å². The number of nitrogens with zero attached hydrogens (tertiary/aromatic N) is 1. The zero-order valence-electron chi connectivity index (χ0n) is 15.1. The summed E-state index contributed by atoms with van der Waals surface area (Å²) in [6.45, 7) is 0.210. The number of aromatic carboxylic acids is 1. The Morgan fingerprint density at radius 1 is 1.10 bits per heavy atom. The fourth-order valence-electron chi connectivity index (χ4n) is 2.68. The van der Waals surface area contributed by atoms with Gasteiger partial charge in [-0.15, -0.1) is 0 Å². The number of carboxylic acid groups (broad SMARTS) is 1. The molecular formula is C23H15BrFNO3. The zero-order chi connectivity index (χ0) is 20.8. The van der Waals surface area contributed by atoms with Crippen LogP contribution in [0.1, 0.15) is 27.0 Å². The SMILES string of the molecule is N#C/C(=C/c1ccc(OCc2cccc(C(=O)O)c2)c(Br)c1)c1cccc(F)c1. The van der Waals surface area contributed by atoms with E-state index < -0.39 is 11.8 Å². The summed E-state index contributed by atoms with van der Waals surface area (Å²) in [5.74, 6) is -0.816. The van der Waals surface area contributed by atoms with Gasteiger partial charge < -0.3 is 9.84 Å². The number of halogens is 2. The molecule has 0 bridgehead atoms. The lowest BCUT2D eigenvalue weighted by atomic mass is 10.0. The maximum absolute atomic E-state index is 13.4. The minimum Gasteiger partial charge on any atom is -0.488 e. The van der Waals surface area contributed by atoms with E-state index in [0.717, 1.165) is 11.1 Å². The second kappa shape index (κ2) is 9.18. The number of allylic oxidation sites excluding steroid dienone is 1. The first-order chi connectivity index (χ1) is 14.0. The van der Waals surface area contributed by atoms with Crippen LogP contribution in [0.25, 0.3) is 11.6 Å². The predicted molar refractivity (Wildman–Crippen MR) is 112 cm³/mol. The summed E-state index contributed by atoms with van der Waals surface area (Å²) in [5.41, 5.74) is 2.53. The van der Waals surface area contributed by atoms with E-state index in [1.165, 1.54) is 18.2 Å². The number of hydrogen-bond acceptors (Lipinski definition) is 3. The Balaban J connectivity index is 1.77. The molecule has 3 aromatic rings. The third-order valence-electron chi connectivity index (χ3n) is 4.09. The zero-order valence-corrected chi connectivity index (χ0v) is 16.7. The molecule has 0 aromatic heterocycles. The molecule has 0 amide bonds. The summed E-state index contributed by atoms with van der Waals surface area (Å²) in [4.78, 5) is 11.1. The molecule has 29 heavy (non-hydrogen) atoms. The largest absolute Gasteiger partial charge is 0.488 e. The van der Waals surface area contributed by atoms with Gasteiger partial charge >= 0.3 is 5.97 Å². The van der Waals surface area contributed by atoms with E-state index in [4.69, 9.17) is 9.84 Å². The van der Waals surface area contributed by atoms with Crippen molar-refractivity contribution in [3.8, 4) is 11.8 Å². The number of hydrogen-bond donors (Lipinski definition) is 1. The molecule has 144 valence electrons. The number of rotatable bonds is 6. The van der Waals surface area contributed by atoms with Gasteiger partial charge in [0.25, 0.3) is 0 Å². The topological polar surface area (TPSA) is 70.3 Å². The van der Waals surface area contributed by atoms with Crippen LogP contribution in [-0.2, 0) is 6.61 Å². The monoisotopic (exact) mass is 451 g/mol. The van der Waals surface area contributed by atoms with Gasteiger partial charge in [0.05, 0.1) is 21.7 Å². The van der Waals surface area contributed by atoms with Gasteiger partial charge in [-0.05, 0) is 75.1 Å². The molecule has 0 aliphatic rings. The van der Waals surface area contributed by atoms with Gasteiger partial charge in [0.15, 0.2) is 0 Å². The van der Waals surface area contributed by atoms with Crippen LogP contribution in [0.4, 0.5) is 4.39 Å². The standard InChI is InChI=1S/C23H15BrFNO3/c24-21-11-15(9-19(13-26)17-4-2-6-20(25)12-17)7-8-22(21)29-14-16-3-1-5-18(10-16)23(27)28/h1-12H,14H2,(H,27,28)/b19-9-. The molecule has 6 heteroatoms. The Kier molecular flexibility index (Phi) is 6.43. The van der Waals surface area contributed by atoms with Crippen molar-refractivity contribution in [3.05, 3.63) is 99.3 Å². The van der Waals surface area contributed by atoms with Crippen LogP contribution in [0.2, 0.25) is 0 Å². The molecule has 0 spiro atoms. The van der Waals surface area contributed by atoms with Crippen LogP contribution in [0, 0.1) is 17.1 Å². The summed E-state index contributed by atoms with van der Waals surface area (Å²) in [7, 11) is 0. The minimum absolute atomic E-state index is 0.201. The third kappa shape index (κ3) is 5.31. The molecule has 0 radical (unpaired) electrons. The first kappa shape index (κ1) is 20.3. The molecule has 0 atom stereocenters. The van der Waals surface area contributed by atoms with Gasteiger partial charge in [0.2, 0.25) is 0 Å². The van der Waals surface area contributed by atoms with Crippen molar-refractivity contribution in [3.63, 3.8) is 0 Å². The summed E-state index contributed by atoms with van der Waals surface area (Å²) in [6.07, 6.45) is 1.67. The Hall–Kier alpha value is -3.43. The average Bonchev–Trinajstić information content (AvgIpc) is 2.71. The van der Waals surface area contributed by atoms with E-state index in [1.54, 1.807) is 54.6 Å². The first-order valence-corrected chi connectivity index (χ1v) is 9.38. The van der Waals surface area contributed by atoms with Crippen LogP contribution < -0.4 is 4.74 Å². The van der Waals surface area contributed by atoms with Crippen LogP contribution >= 0.6 is 15.9 Å². The van der Waals surface area contributed by atoms with Gasteiger partial charge in [-0.1, -0.05) is 30.3 Å². The number of carbonyl (C=O) groups is 1. The number of carboxylic acids is 1. The van der Waals surface area contributed by atoms with Crippen molar-refractivity contribution in [1.82, 2.24) is 0 Å². The van der Waals surface area contributed by atoms with Crippen molar-refractivity contribution in [2.75, 3.05) is 0 Å². The van der Waals surface area contributed by atoms with Gasteiger partial charge in [-0.2, -0.15) is 5.26 Å². The third-order valence-corrected chi connectivity index (χ3v) is 4.71. The second-order valence-corrected chi connectivity index (χ2v) is 7.02. The summed E-state index contributed by atoms with van der Waals surface area (Å²) >= 11 is 3.45. The molecule has 0 unspecified atom stereocenters. The molecule has 0 aliphatic carbocycles. The maximum Gasteiger partial charge on any atom is 0.335 e. The van der Waals surface area contributed by atoms with Gasteiger partial charge in [-0.3, -0.25) is 0 Å². The molecule has 3 aromatic carbocycles. The number of benzene rings is 3. The van der Waals surface area contributed by atoms with Crippen molar-refractivity contribution in [2.24, 2.45) is 0 Å². The Morgan fingerprint density at radius 2 is 1.86 bits per heavy atom. The molecule has 1 N–H and O–H groups in total. The minimum atomic E-state index is -0.990.